The van der Waals surface area contributed by atoms with Crippen LogP contribution in [0.15, 0.2) is 6.20 Å². The van der Waals surface area contributed by atoms with Gasteiger partial charge in [-0.3, -0.25) is 9.69 Å². The first-order valence-corrected chi connectivity index (χ1v) is 5.97. The van der Waals surface area contributed by atoms with Gasteiger partial charge >= 0.3 is 0 Å². The third-order valence-electron chi connectivity index (χ3n) is 3.47. The number of carbonyl (C=O) groups excluding carboxylic acids is 1. The van der Waals surface area contributed by atoms with Crippen LogP contribution in [0, 0.1) is 0 Å². The molecule has 1 saturated heterocycles. The SMILES string of the molecule is COCC1(C(N)=O)CCCN1Cc1cnn(C)n1. The van der Waals surface area contributed by atoms with Crippen LogP contribution in [-0.4, -0.2) is 51.6 Å². The van der Waals surface area contributed by atoms with Gasteiger partial charge in [0.2, 0.25) is 5.91 Å². The van der Waals surface area contributed by atoms with E-state index < -0.39 is 5.54 Å². The molecule has 18 heavy (non-hydrogen) atoms. The molecule has 7 nitrogen and oxygen atoms in total. The number of primary amides is 1. The molecule has 0 saturated carbocycles. The minimum atomic E-state index is -0.702. The number of hydrogen-bond acceptors (Lipinski definition) is 5. The van der Waals surface area contributed by atoms with Gasteiger partial charge in [-0.15, -0.1) is 0 Å². The number of hydrogen-bond donors (Lipinski definition) is 1. The Morgan fingerprint density at radius 3 is 3.00 bits per heavy atom. The number of methoxy groups -OCH3 is 1. The zero-order chi connectivity index (χ0) is 13.2. The summed E-state index contributed by atoms with van der Waals surface area (Å²) in [7, 11) is 3.35. The van der Waals surface area contributed by atoms with Crippen molar-refractivity contribution >= 4 is 5.91 Å². The van der Waals surface area contributed by atoms with Crippen LogP contribution in [0.2, 0.25) is 0 Å². The van der Waals surface area contributed by atoms with Crippen LogP contribution in [0.3, 0.4) is 0 Å². The summed E-state index contributed by atoms with van der Waals surface area (Å²) < 4.78 is 5.18. The van der Waals surface area contributed by atoms with Gasteiger partial charge in [0.1, 0.15) is 5.54 Å². The van der Waals surface area contributed by atoms with Crippen molar-refractivity contribution < 1.29 is 9.53 Å². The number of likely N-dealkylation sites (tertiary alicyclic amines) is 1. The van der Waals surface area contributed by atoms with Gasteiger partial charge in [0.05, 0.1) is 18.5 Å². The van der Waals surface area contributed by atoms with Gasteiger partial charge in [0.15, 0.2) is 0 Å². The molecule has 2 N–H and O–H groups in total. The second-order valence-electron chi connectivity index (χ2n) is 4.68. The number of nitrogens with zero attached hydrogens (tertiary/aromatic N) is 4. The van der Waals surface area contributed by atoms with Gasteiger partial charge in [0, 0.05) is 20.7 Å². The van der Waals surface area contributed by atoms with Gasteiger partial charge in [0.25, 0.3) is 0 Å². The predicted molar refractivity (Wildman–Crippen MR) is 64.4 cm³/mol. The molecule has 1 amide bonds. The summed E-state index contributed by atoms with van der Waals surface area (Å²) >= 11 is 0. The van der Waals surface area contributed by atoms with Gasteiger partial charge < -0.3 is 10.5 Å². The minimum absolute atomic E-state index is 0.322. The van der Waals surface area contributed by atoms with Crippen molar-refractivity contribution in [1.29, 1.82) is 0 Å². The number of aryl methyl sites for hydroxylation is 1. The maximum Gasteiger partial charge on any atom is 0.240 e. The van der Waals surface area contributed by atoms with Crippen molar-refractivity contribution in [3.05, 3.63) is 11.9 Å². The number of amides is 1. The van der Waals surface area contributed by atoms with Gasteiger partial charge in [-0.25, -0.2) is 0 Å². The molecule has 2 heterocycles. The summed E-state index contributed by atoms with van der Waals surface area (Å²) in [6.45, 7) is 1.71. The number of aromatic nitrogens is 3. The predicted octanol–water partition coefficient (Wildman–Crippen LogP) is -0.719. The Morgan fingerprint density at radius 2 is 2.44 bits per heavy atom. The molecule has 1 atom stereocenters. The number of carbonyl (C=O) groups is 1. The Bertz CT molecular complexity index is 433. The fourth-order valence-electron chi connectivity index (χ4n) is 2.57. The molecular formula is C11H19N5O2. The minimum Gasteiger partial charge on any atom is -0.382 e. The van der Waals surface area contributed by atoms with E-state index in [1.165, 1.54) is 4.80 Å². The van der Waals surface area contributed by atoms with Crippen molar-refractivity contribution in [2.24, 2.45) is 12.8 Å². The molecule has 2 rings (SSSR count). The topological polar surface area (TPSA) is 86.3 Å². The average Bonchev–Trinajstić information content (AvgIpc) is 2.88. The van der Waals surface area contributed by atoms with Gasteiger partial charge in [-0.2, -0.15) is 15.0 Å². The van der Waals surface area contributed by atoms with Crippen molar-refractivity contribution in [3.8, 4) is 0 Å². The van der Waals surface area contributed by atoms with Crippen molar-refractivity contribution in [1.82, 2.24) is 19.9 Å². The zero-order valence-electron chi connectivity index (χ0n) is 10.8. The average molecular weight is 253 g/mol. The van der Waals surface area contributed by atoms with E-state index in [-0.39, 0.29) is 5.91 Å². The summed E-state index contributed by atoms with van der Waals surface area (Å²) in [5.41, 5.74) is 5.70. The summed E-state index contributed by atoms with van der Waals surface area (Å²) in [4.78, 5) is 15.3. The molecule has 0 radical (unpaired) electrons. The van der Waals surface area contributed by atoms with Crippen LogP contribution in [0.1, 0.15) is 18.5 Å². The Morgan fingerprint density at radius 1 is 1.67 bits per heavy atom. The molecule has 0 bridgehead atoms. The smallest absolute Gasteiger partial charge is 0.240 e. The van der Waals surface area contributed by atoms with E-state index in [2.05, 4.69) is 10.2 Å². The first-order chi connectivity index (χ1) is 8.58. The van der Waals surface area contributed by atoms with E-state index in [0.29, 0.717) is 13.2 Å². The molecule has 100 valence electrons. The fraction of sp³-hybridized carbons (Fsp3) is 0.727. The van der Waals surface area contributed by atoms with Crippen LogP contribution in [0.5, 0.6) is 0 Å². The highest BCUT2D eigenvalue weighted by atomic mass is 16.5. The lowest BCUT2D eigenvalue weighted by atomic mass is 9.96. The molecule has 0 aliphatic carbocycles. The van der Waals surface area contributed by atoms with Crippen molar-refractivity contribution in [2.75, 3.05) is 20.3 Å². The monoisotopic (exact) mass is 253 g/mol. The standard InChI is InChI=1S/C11H19N5O2/c1-15-13-6-9(14-15)7-16-5-3-4-11(16,8-18-2)10(12)17/h6H,3-5,7-8H2,1-2H3,(H2,12,17). The highest BCUT2D eigenvalue weighted by Gasteiger charge is 2.46. The maximum atomic E-state index is 11.8. The highest BCUT2D eigenvalue weighted by molar-refractivity contribution is 5.85. The highest BCUT2D eigenvalue weighted by Crippen LogP contribution is 2.30. The maximum absolute atomic E-state index is 11.8. The van der Waals surface area contributed by atoms with Crippen LogP contribution in [-0.2, 0) is 23.1 Å². The summed E-state index contributed by atoms with van der Waals surface area (Å²) in [6.07, 6.45) is 3.37. The third-order valence-corrected chi connectivity index (χ3v) is 3.47. The van der Waals surface area contributed by atoms with E-state index >= 15 is 0 Å². The first kappa shape index (κ1) is 13.0. The second kappa shape index (κ2) is 5.03. The molecule has 1 fully saturated rings. The van der Waals surface area contributed by atoms with Gasteiger partial charge in [-0.05, 0) is 19.4 Å². The normalized spacial score (nSPS) is 24.6. The number of nitrogens with two attached hydrogens (primary N) is 1. The third kappa shape index (κ3) is 2.23. The van der Waals surface area contributed by atoms with E-state index in [9.17, 15) is 4.79 Å². The van der Waals surface area contributed by atoms with Crippen molar-refractivity contribution in [2.45, 2.75) is 24.9 Å². The van der Waals surface area contributed by atoms with E-state index in [0.717, 1.165) is 25.1 Å². The molecule has 1 aliphatic rings. The summed E-state index contributed by atoms with van der Waals surface area (Å²) in [5.74, 6) is -0.328. The van der Waals surface area contributed by atoms with E-state index in [1.54, 1.807) is 20.4 Å². The molecule has 0 spiro atoms. The molecule has 0 aromatic carbocycles. The van der Waals surface area contributed by atoms with Crippen LogP contribution in [0.25, 0.3) is 0 Å². The Balaban J connectivity index is 2.17. The molecular weight excluding hydrogens is 234 g/mol. The Kier molecular flexibility index (Phi) is 3.63. The summed E-state index contributed by atoms with van der Waals surface area (Å²) in [6, 6.07) is 0. The zero-order valence-corrected chi connectivity index (χ0v) is 10.8. The van der Waals surface area contributed by atoms with Gasteiger partial charge in [-0.1, -0.05) is 0 Å². The molecule has 1 unspecified atom stereocenters. The Labute approximate surface area is 106 Å². The lowest BCUT2D eigenvalue weighted by Gasteiger charge is -2.34. The van der Waals surface area contributed by atoms with Crippen LogP contribution >= 0.6 is 0 Å². The quantitative estimate of drug-likeness (QED) is 0.748. The van der Waals surface area contributed by atoms with E-state index in [1.807, 2.05) is 4.90 Å². The van der Waals surface area contributed by atoms with Crippen LogP contribution in [0.4, 0.5) is 0 Å². The molecule has 7 heteroatoms. The Hall–Kier alpha value is -1.47. The second-order valence-corrected chi connectivity index (χ2v) is 4.68. The van der Waals surface area contributed by atoms with E-state index in [4.69, 9.17) is 10.5 Å². The first-order valence-electron chi connectivity index (χ1n) is 5.97. The molecule has 1 aliphatic heterocycles. The molecule has 1 aromatic heterocycles. The largest absolute Gasteiger partial charge is 0.382 e. The lowest BCUT2D eigenvalue weighted by Crippen LogP contribution is -2.56. The van der Waals surface area contributed by atoms with Crippen LogP contribution < -0.4 is 5.73 Å². The molecule has 1 aromatic rings. The number of rotatable bonds is 5. The summed E-state index contributed by atoms with van der Waals surface area (Å²) in [5, 5.41) is 8.26. The fourth-order valence-corrected chi connectivity index (χ4v) is 2.57. The van der Waals surface area contributed by atoms with Crippen molar-refractivity contribution in [3.63, 3.8) is 0 Å². The number of ether oxygens (including phenoxy) is 1. The lowest BCUT2D eigenvalue weighted by molar-refractivity contribution is -0.132.